The van der Waals surface area contributed by atoms with Crippen LogP contribution in [0, 0.1) is 28.1 Å². The molecule has 1 N–H and O–H groups in total. The van der Waals surface area contributed by atoms with Crippen LogP contribution < -0.4 is 0 Å². The molecule has 1 saturated carbocycles. The van der Waals surface area contributed by atoms with Crippen LogP contribution in [-0.4, -0.2) is 28.6 Å². The summed E-state index contributed by atoms with van der Waals surface area (Å²) in [6.45, 7) is 22.3. The molecule has 0 unspecified atom stereocenters. The Bertz CT molecular complexity index is 1490. The topological polar surface area (TPSA) is 80.7 Å². The van der Waals surface area contributed by atoms with E-state index in [-0.39, 0.29) is 46.7 Å². The van der Waals surface area contributed by atoms with Gasteiger partial charge in [-0.05, 0) is 104 Å². The van der Waals surface area contributed by atoms with Gasteiger partial charge in [0.15, 0.2) is 17.3 Å². The highest BCUT2D eigenvalue weighted by molar-refractivity contribution is 6.35. The predicted molar refractivity (Wildman–Crippen MR) is 172 cm³/mol. The molecule has 3 aliphatic rings. The van der Waals surface area contributed by atoms with Crippen LogP contribution in [0.1, 0.15) is 98.4 Å². The van der Waals surface area contributed by atoms with E-state index in [0.717, 1.165) is 16.7 Å². The first-order valence-electron chi connectivity index (χ1n) is 15.4. The smallest absolute Gasteiger partial charge is 0.200 e. The van der Waals surface area contributed by atoms with Gasteiger partial charge in [0.1, 0.15) is 28.6 Å². The molecule has 5 nitrogen and oxygen atoms in total. The third kappa shape index (κ3) is 5.30. The molecule has 2 aliphatic carbocycles. The molecule has 1 aromatic rings. The molecule has 0 radical (unpaired) electrons. The first-order chi connectivity index (χ1) is 20.0. The number of fused-ring (bicyclic) bond motifs is 1. The molecule has 1 saturated heterocycles. The van der Waals surface area contributed by atoms with Crippen LogP contribution in [0.25, 0.3) is 0 Å². The van der Waals surface area contributed by atoms with Crippen LogP contribution in [0.15, 0.2) is 82.7 Å². The first-order valence-corrected chi connectivity index (χ1v) is 15.4. The Morgan fingerprint density at radius 2 is 1.65 bits per heavy atom. The number of ketones is 3. The fourth-order valence-electron chi connectivity index (χ4n) is 7.61. The number of phenols is 1. The number of hydrogen-bond donors (Lipinski definition) is 1. The number of aromatic hydroxyl groups is 1. The van der Waals surface area contributed by atoms with Gasteiger partial charge in [0.2, 0.25) is 0 Å². The molecule has 1 spiro atoms. The van der Waals surface area contributed by atoms with Gasteiger partial charge in [-0.15, -0.1) is 0 Å². The number of carbonyl (C=O) groups is 3. The van der Waals surface area contributed by atoms with E-state index in [1.807, 2.05) is 60.6 Å². The van der Waals surface area contributed by atoms with E-state index >= 15 is 9.59 Å². The second-order valence-electron chi connectivity index (χ2n) is 14.3. The molecule has 230 valence electrons. The number of rotatable bonds is 8. The van der Waals surface area contributed by atoms with Gasteiger partial charge in [0, 0.05) is 11.5 Å². The molecule has 0 aromatic heterocycles. The minimum atomic E-state index is -1.46. The van der Waals surface area contributed by atoms with Crippen LogP contribution >= 0.6 is 0 Å². The van der Waals surface area contributed by atoms with Crippen LogP contribution in [0.5, 0.6) is 5.75 Å². The van der Waals surface area contributed by atoms with E-state index < -0.39 is 33.9 Å². The van der Waals surface area contributed by atoms with Gasteiger partial charge in [-0.2, -0.15) is 0 Å². The minimum Gasteiger partial charge on any atom is -0.508 e. The molecule has 1 aliphatic heterocycles. The average molecular weight is 585 g/mol. The molecule has 1 aromatic carbocycles. The third-order valence-electron chi connectivity index (χ3n) is 10.1. The van der Waals surface area contributed by atoms with E-state index in [2.05, 4.69) is 26.5 Å². The van der Waals surface area contributed by atoms with E-state index in [1.54, 1.807) is 12.1 Å². The number of hydrogen-bond acceptors (Lipinski definition) is 5. The summed E-state index contributed by atoms with van der Waals surface area (Å²) in [5.74, 6) is -1.16. The standard InChI is InChI=1S/C38H48O5/c1-22(2)14-15-27-20-37-21-29(25(7)8)30(18-24(5)6)43-34(37)31(32(40)26-12-11-13-28(39)19-26)33(41)38(35(37)42,36(27,9)10)17-16-23(3)4/h11-14,16,18-19,27,29-30,39H,7,15,17,20-21H2,1-6,8-10H3/t27-,29+,30+,37+,38+/m0/s1. The van der Waals surface area contributed by atoms with Crippen LogP contribution in [0.3, 0.4) is 0 Å². The Kier molecular flexibility index (Phi) is 8.72. The predicted octanol–water partition coefficient (Wildman–Crippen LogP) is 8.66. The lowest BCUT2D eigenvalue weighted by atomic mass is 9.39. The summed E-state index contributed by atoms with van der Waals surface area (Å²) in [4.78, 5) is 44.9. The summed E-state index contributed by atoms with van der Waals surface area (Å²) >= 11 is 0. The molecule has 5 heteroatoms. The number of ether oxygens (including phenoxy) is 1. The lowest BCUT2D eigenvalue weighted by Crippen LogP contribution is -2.68. The lowest BCUT2D eigenvalue weighted by Gasteiger charge is -2.63. The molecule has 4 rings (SSSR count). The monoisotopic (exact) mass is 584 g/mol. The molecular formula is C38H48O5. The van der Waals surface area contributed by atoms with Gasteiger partial charge in [-0.1, -0.05) is 67.0 Å². The van der Waals surface area contributed by atoms with Gasteiger partial charge in [-0.3, -0.25) is 14.4 Å². The SMILES string of the molecule is C=C(C)[C@H]1C[C@]23C[C@H](CC=C(C)C)C(C)(C)[C@](CC=C(C)C)(C(=O)C(C(=O)c4cccc(O)c4)=C2O[C@@H]1C=C(C)C)C3=O. The Balaban J connectivity index is 2.13. The number of carbonyl (C=O) groups excluding carboxylic acids is 3. The summed E-state index contributed by atoms with van der Waals surface area (Å²) in [7, 11) is 0. The normalized spacial score (nSPS) is 29.2. The van der Waals surface area contributed by atoms with Gasteiger partial charge in [0.05, 0.1) is 5.41 Å². The van der Waals surface area contributed by atoms with Gasteiger partial charge < -0.3 is 9.84 Å². The zero-order chi connectivity index (χ0) is 32.1. The summed E-state index contributed by atoms with van der Waals surface area (Å²) in [5.41, 5.74) is 0.900. The summed E-state index contributed by atoms with van der Waals surface area (Å²) in [6, 6.07) is 6.05. The number of Topliss-reactive ketones (excluding diaryl/α,β-unsaturated/α-hetero) is 3. The zero-order valence-electron chi connectivity index (χ0n) is 27.4. The Hall–Kier alpha value is -3.47. The third-order valence-corrected chi connectivity index (χ3v) is 10.1. The Morgan fingerprint density at radius 1 is 1.00 bits per heavy atom. The molecule has 2 fully saturated rings. The van der Waals surface area contributed by atoms with E-state index in [1.165, 1.54) is 17.7 Å². The van der Waals surface area contributed by atoms with Crippen molar-refractivity contribution in [1.29, 1.82) is 0 Å². The van der Waals surface area contributed by atoms with Gasteiger partial charge in [-0.25, -0.2) is 0 Å². The average Bonchev–Trinajstić information content (AvgIpc) is 2.90. The quantitative estimate of drug-likeness (QED) is 0.143. The van der Waals surface area contributed by atoms with Crippen molar-refractivity contribution in [2.45, 2.75) is 94.1 Å². The Labute approximate surface area is 257 Å². The van der Waals surface area contributed by atoms with Crippen molar-refractivity contribution >= 4 is 17.3 Å². The molecule has 0 amide bonds. The van der Waals surface area contributed by atoms with Gasteiger partial charge in [0.25, 0.3) is 0 Å². The number of benzene rings is 1. The second kappa shape index (κ2) is 11.6. The summed E-state index contributed by atoms with van der Waals surface area (Å²) in [5, 5.41) is 10.2. The molecule has 1 heterocycles. The maximum Gasteiger partial charge on any atom is 0.200 e. The molecular weight excluding hydrogens is 536 g/mol. The second-order valence-corrected chi connectivity index (χ2v) is 14.3. The number of allylic oxidation sites excluding steroid dienone is 7. The highest BCUT2D eigenvalue weighted by Crippen LogP contribution is 2.68. The maximum atomic E-state index is 15.3. The van der Waals surface area contributed by atoms with E-state index in [4.69, 9.17) is 4.74 Å². The zero-order valence-corrected chi connectivity index (χ0v) is 27.4. The lowest BCUT2D eigenvalue weighted by molar-refractivity contribution is -0.179. The van der Waals surface area contributed by atoms with Crippen molar-refractivity contribution in [3.63, 3.8) is 0 Å². The van der Waals surface area contributed by atoms with Gasteiger partial charge >= 0.3 is 0 Å². The molecule has 43 heavy (non-hydrogen) atoms. The van der Waals surface area contributed by atoms with Crippen LogP contribution in [-0.2, 0) is 14.3 Å². The number of phenolic OH excluding ortho intramolecular Hbond substituents is 1. The van der Waals surface area contributed by atoms with Crippen molar-refractivity contribution < 1.29 is 24.2 Å². The fourth-order valence-corrected chi connectivity index (χ4v) is 7.61. The summed E-state index contributed by atoms with van der Waals surface area (Å²) in [6.07, 6.45) is 7.54. The van der Waals surface area contributed by atoms with Crippen molar-refractivity contribution in [1.82, 2.24) is 0 Å². The van der Waals surface area contributed by atoms with Crippen LogP contribution in [0.4, 0.5) is 0 Å². The van der Waals surface area contributed by atoms with Crippen molar-refractivity contribution in [2.24, 2.45) is 28.1 Å². The Morgan fingerprint density at radius 3 is 2.21 bits per heavy atom. The first kappa shape index (κ1) is 32.4. The minimum absolute atomic E-state index is 0.0172. The molecule has 5 atom stereocenters. The van der Waals surface area contributed by atoms with Crippen molar-refractivity contribution in [2.75, 3.05) is 0 Å². The largest absolute Gasteiger partial charge is 0.508 e. The van der Waals surface area contributed by atoms with Crippen molar-refractivity contribution in [3.05, 3.63) is 88.3 Å². The summed E-state index contributed by atoms with van der Waals surface area (Å²) < 4.78 is 6.78. The van der Waals surface area contributed by atoms with E-state index in [9.17, 15) is 9.90 Å². The highest BCUT2D eigenvalue weighted by Gasteiger charge is 2.74. The van der Waals surface area contributed by atoms with E-state index in [0.29, 0.717) is 19.3 Å². The van der Waals surface area contributed by atoms with Crippen LogP contribution in [0.2, 0.25) is 0 Å². The van der Waals surface area contributed by atoms with Crippen molar-refractivity contribution in [3.8, 4) is 5.75 Å². The maximum absolute atomic E-state index is 15.3. The molecule has 2 bridgehead atoms. The highest BCUT2D eigenvalue weighted by atomic mass is 16.5. The fraction of sp³-hybridized carbons (Fsp3) is 0.500.